The van der Waals surface area contributed by atoms with E-state index in [1.54, 1.807) is 0 Å². The van der Waals surface area contributed by atoms with E-state index in [0.717, 1.165) is 50.4 Å². The number of rotatable bonds is 5. The van der Waals surface area contributed by atoms with E-state index < -0.39 is 0 Å². The fraction of sp³-hybridized carbons (Fsp3) is 0.350. The number of nitrogens with two attached hydrogens (primary N) is 1. The van der Waals surface area contributed by atoms with Crippen LogP contribution in [0.1, 0.15) is 11.1 Å². The van der Waals surface area contributed by atoms with Gasteiger partial charge in [-0.15, -0.1) is 0 Å². The molecule has 0 aliphatic carbocycles. The second-order valence-corrected chi connectivity index (χ2v) is 6.38. The highest BCUT2D eigenvalue weighted by Gasteiger charge is 2.20. The molecular formula is C20H25N3O. The van der Waals surface area contributed by atoms with E-state index in [2.05, 4.69) is 35.2 Å². The van der Waals surface area contributed by atoms with Crippen molar-refractivity contribution in [3.8, 4) is 0 Å². The van der Waals surface area contributed by atoms with Gasteiger partial charge in [0.1, 0.15) is 0 Å². The van der Waals surface area contributed by atoms with Gasteiger partial charge in [0.25, 0.3) is 0 Å². The van der Waals surface area contributed by atoms with Crippen LogP contribution in [-0.4, -0.2) is 48.4 Å². The first-order valence-electron chi connectivity index (χ1n) is 8.59. The van der Waals surface area contributed by atoms with Crippen molar-refractivity contribution in [2.45, 2.75) is 12.8 Å². The maximum absolute atomic E-state index is 12.4. The molecule has 0 aromatic heterocycles. The zero-order valence-corrected chi connectivity index (χ0v) is 14.0. The Kier molecular flexibility index (Phi) is 5.49. The normalized spacial score (nSPS) is 15.4. The summed E-state index contributed by atoms with van der Waals surface area (Å²) in [6.07, 6.45) is 1.53. The number of carbonyl (C=O) groups is 1. The molecule has 4 nitrogen and oxygen atoms in total. The van der Waals surface area contributed by atoms with Gasteiger partial charge in [0.2, 0.25) is 5.91 Å². The largest absolute Gasteiger partial charge is 0.399 e. The minimum absolute atomic E-state index is 0.211. The van der Waals surface area contributed by atoms with Gasteiger partial charge in [-0.25, -0.2) is 0 Å². The van der Waals surface area contributed by atoms with Gasteiger partial charge in [-0.2, -0.15) is 0 Å². The molecule has 0 spiro atoms. The van der Waals surface area contributed by atoms with Crippen LogP contribution < -0.4 is 5.73 Å². The molecule has 1 heterocycles. The van der Waals surface area contributed by atoms with Gasteiger partial charge in [-0.3, -0.25) is 9.69 Å². The summed E-state index contributed by atoms with van der Waals surface area (Å²) in [5.41, 5.74) is 8.82. The van der Waals surface area contributed by atoms with Gasteiger partial charge in [0, 0.05) is 38.4 Å². The summed E-state index contributed by atoms with van der Waals surface area (Å²) in [4.78, 5) is 16.8. The molecule has 4 heteroatoms. The second kappa shape index (κ2) is 7.97. The SMILES string of the molecule is Nc1ccc(CC(=O)N2CCN(CCc3ccccc3)CC2)cc1. The number of carbonyl (C=O) groups excluding carboxylic acids is 1. The minimum Gasteiger partial charge on any atom is -0.399 e. The van der Waals surface area contributed by atoms with Crippen molar-refractivity contribution in [1.29, 1.82) is 0 Å². The Morgan fingerprint density at radius 1 is 0.875 bits per heavy atom. The van der Waals surface area contributed by atoms with Crippen molar-refractivity contribution >= 4 is 11.6 Å². The van der Waals surface area contributed by atoms with E-state index in [1.165, 1.54) is 5.56 Å². The van der Waals surface area contributed by atoms with Crippen LogP contribution in [-0.2, 0) is 17.6 Å². The van der Waals surface area contributed by atoms with Crippen LogP contribution in [0.2, 0.25) is 0 Å². The first-order valence-corrected chi connectivity index (χ1v) is 8.59. The van der Waals surface area contributed by atoms with Crippen LogP contribution in [0.5, 0.6) is 0 Å². The highest BCUT2D eigenvalue weighted by Crippen LogP contribution is 2.10. The molecule has 3 rings (SSSR count). The van der Waals surface area contributed by atoms with Crippen LogP contribution >= 0.6 is 0 Å². The summed E-state index contributed by atoms with van der Waals surface area (Å²) in [6.45, 7) is 4.62. The van der Waals surface area contributed by atoms with E-state index in [0.29, 0.717) is 6.42 Å². The highest BCUT2D eigenvalue weighted by atomic mass is 16.2. The van der Waals surface area contributed by atoms with Crippen molar-refractivity contribution < 1.29 is 4.79 Å². The van der Waals surface area contributed by atoms with Crippen LogP contribution in [0, 0.1) is 0 Å². The monoisotopic (exact) mass is 323 g/mol. The van der Waals surface area contributed by atoms with Gasteiger partial charge >= 0.3 is 0 Å². The molecule has 2 aromatic rings. The quantitative estimate of drug-likeness (QED) is 0.858. The Bertz CT molecular complexity index is 646. The van der Waals surface area contributed by atoms with Gasteiger partial charge < -0.3 is 10.6 Å². The standard InChI is InChI=1S/C20H25N3O/c21-19-8-6-18(7-9-19)16-20(24)23-14-12-22(13-15-23)11-10-17-4-2-1-3-5-17/h1-9H,10-16,21H2. The van der Waals surface area contributed by atoms with Crippen molar-refractivity contribution in [3.05, 3.63) is 65.7 Å². The van der Waals surface area contributed by atoms with Crippen molar-refractivity contribution in [2.24, 2.45) is 0 Å². The summed E-state index contributed by atoms with van der Waals surface area (Å²) < 4.78 is 0. The number of nitrogen functional groups attached to an aromatic ring is 1. The number of hydrogen-bond donors (Lipinski definition) is 1. The molecule has 2 aromatic carbocycles. The lowest BCUT2D eigenvalue weighted by atomic mass is 10.1. The summed E-state index contributed by atoms with van der Waals surface area (Å²) >= 11 is 0. The van der Waals surface area contributed by atoms with Crippen LogP contribution in [0.3, 0.4) is 0 Å². The fourth-order valence-electron chi connectivity index (χ4n) is 3.07. The average Bonchev–Trinajstić information content (AvgIpc) is 2.63. The summed E-state index contributed by atoms with van der Waals surface area (Å²) in [5.74, 6) is 0.211. The lowest BCUT2D eigenvalue weighted by molar-refractivity contribution is -0.132. The Morgan fingerprint density at radius 3 is 2.21 bits per heavy atom. The summed E-state index contributed by atoms with van der Waals surface area (Å²) in [6, 6.07) is 18.1. The van der Waals surface area contributed by atoms with Crippen molar-refractivity contribution in [3.63, 3.8) is 0 Å². The van der Waals surface area contributed by atoms with Gasteiger partial charge in [0.15, 0.2) is 0 Å². The Morgan fingerprint density at radius 2 is 1.54 bits per heavy atom. The molecule has 0 unspecified atom stereocenters. The third kappa shape index (κ3) is 4.59. The zero-order valence-electron chi connectivity index (χ0n) is 14.0. The predicted octanol–water partition coefficient (Wildman–Crippen LogP) is 2.20. The van der Waals surface area contributed by atoms with Crippen LogP contribution in [0.15, 0.2) is 54.6 Å². The fourth-order valence-corrected chi connectivity index (χ4v) is 3.07. The molecule has 1 amide bonds. The molecule has 1 saturated heterocycles. The van der Waals surface area contributed by atoms with Gasteiger partial charge in [-0.1, -0.05) is 42.5 Å². The second-order valence-electron chi connectivity index (χ2n) is 6.38. The molecular weight excluding hydrogens is 298 g/mol. The summed E-state index contributed by atoms with van der Waals surface area (Å²) in [7, 11) is 0. The molecule has 0 saturated carbocycles. The maximum atomic E-state index is 12.4. The first-order chi connectivity index (χ1) is 11.7. The Balaban J connectivity index is 1.42. The maximum Gasteiger partial charge on any atom is 0.227 e. The topological polar surface area (TPSA) is 49.6 Å². The smallest absolute Gasteiger partial charge is 0.227 e. The van der Waals surface area contributed by atoms with Crippen molar-refractivity contribution in [1.82, 2.24) is 9.80 Å². The number of amides is 1. The van der Waals surface area contributed by atoms with E-state index in [1.807, 2.05) is 29.2 Å². The average molecular weight is 323 g/mol. The minimum atomic E-state index is 0.211. The summed E-state index contributed by atoms with van der Waals surface area (Å²) in [5, 5.41) is 0. The zero-order chi connectivity index (χ0) is 16.8. The molecule has 1 aliphatic heterocycles. The third-order valence-electron chi connectivity index (χ3n) is 4.62. The molecule has 126 valence electrons. The predicted molar refractivity (Wildman–Crippen MR) is 97.7 cm³/mol. The molecule has 0 atom stereocenters. The molecule has 2 N–H and O–H groups in total. The molecule has 0 radical (unpaired) electrons. The molecule has 1 fully saturated rings. The number of benzene rings is 2. The molecule has 0 bridgehead atoms. The number of hydrogen-bond acceptors (Lipinski definition) is 3. The van der Waals surface area contributed by atoms with Crippen molar-refractivity contribution in [2.75, 3.05) is 38.5 Å². The van der Waals surface area contributed by atoms with Crippen LogP contribution in [0.4, 0.5) is 5.69 Å². The third-order valence-corrected chi connectivity index (χ3v) is 4.62. The Hall–Kier alpha value is -2.33. The van der Waals surface area contributed by atoms with E-state index in [4.69, 9.17) is 5.73 Å². The van der Waals surface area contributed by atoms with E-state index >= 15 is 0 Å². The molecule has 1 aliphatic rings. The van der Waals surface area contributed by atoms with Crippen LogP contribution in [0.25, 0.3) is 0 Å². The number of anilines is 1. The first kappa shape index (κ1) is 16.5. The molecule has 24 heavy (non-hydrogen) atoms. The number of piperazine rings is 1. The lowest BCUT2D eigenvalue weighted by Gasteiger charge is -2.34. The highest BCUT2D eigenvalue weighted by molar-refractivity contribution is 5.79. The number of nitrogens with zero attached hydrogens (tertiary/aromatic N) is 2. The Labute approximate surface area is 143 Å². The lowest BCUT2D eigenvalue weighted by Crippen LogP contribution is -2.49. The van der Waals surface area contributed by atoms with Gasteiger partial charge in [-0.05, 0) is 29.7 Å². The van der Waals surface area contributed by atoms with E-state index in [9.17, 15) is 4.79 Å². The van der Waals surface area contributed by atoms with E-state index in [-0.39, 0.29) is 5.91 Å². The van der Waals surface area contributed by atoms with Gasteiger partial charge in [0.05, 0.1) is 6.42 Å².